The van der Waals surface area contributed by atoms with Gasteiger partial charge in [-0.25, -0.2) is 4.99 Å². The lowest BCUT2D eigenvalue weighted by Gasteiger charge is -2.26. The molecule has 2 atom stereocenters. The highest BCUT2D eigenvalue weighted by Crippen LogP contribution is 2.32. The molecule has 1 aliphatic carbocycles. The smallest absolute Gasteiger partial charge is 0.0852 e. The number of hydrogen-bond donors (Lipinski definition) is 2. The molecule has 0 aliphatic heterocycles. The summed E-state index contributed by atoms with van der Waals surface area (Å²) in [5.74, 6) is 0.376. The van der Waals surface area contributed by atoms with Gasteiger partial charge in [0.2, 0.25) is 0 Å². The van der Waals surface area contributed by atoms with Crippen molar-refractivity contribution in [3.63, 3.8) is 0 Å². The van der Waals surface area contributed by atoms with Crippen molar-refractivity contribution in [2.75, 3.05) is 6.61 Å². The molecule has 88 valence electrons. The molecule has 0 saturated carbocycles. The Kier molecular flexibility index (Phi) is 5.29. The quantitative estimate of drug-likeness (QED) is 0.585. The first-order chi connectivity index (χ1) is 7.69. The van der Waals surface area contributed by atoms with Gasteiger partial charge in [0, 0.05) is 23.8 Å². The second-order valence-electron chi connectivity index (χ2n) is 3.81. The predicted molar refractivity (Wildman–Crippen MR) is 68.2 cm³/mol. The summed E-state index contributed by atoms with van der Waals surface area (Å²) in [7, 11) is 0. The number of nitrogens with two attached hydrogens (primary N) is 1. The van der Waals surface area contributed by atoms with E-state index in [0.29, 0.717) is 5.03 Å². The van der Waals surface area contributed by atoms with Gasteiger partial charge >= 0.3 is 0 Å². The molecule has 0 saturated heterocycles. The van der Waals surface area contributed by atoms with E-state index >= 15 is 0 Å². The third-order valence-electron chi connectivity index (χ3n) is 2.72. The first kappa shape index (κ1) is 13.0. The predicted octanol–water partition coefficient (Wildman–Crippen LogP) is 2.18. The Labute approximate surface area is 101 Å². The second-order valence-corrected chi connectivity index (χ2v) is 4.25. The van der Waals surface area contributed by atoms with Crippen LogP contribution in [-0.4, -0.2) is 18.1 Å². The van der Waals surface area contributed by atoms with E-state index in [2.05, 4.69) is 4.99 Å². The summed E-state index contributed by atoms with van der Waals surface area (Å²) >= 11 is 5.95. The molecule has 16 heavy (non-hydrogen) atoms. The first-order valence-electron chi connectivity index (χ1n) is 5.23. The largest absolute Gasteiger partial charge is 0.396 e. The molecule has 2 unspecified atom stereocenters. The maximum atomic E-state index is 9.30. The van der Waals surface area contributed by atoms with E-state index in [4.69, 9.17) is 17.3 Å². The first-order valence-corrected chi connectivity index (χ1v) is 5.61. The Balaban J connectivity index is 2.67. The number of aliphatic hydroxyl groups excluding tert-OH is 1. The number of rotatable bonds is 4. The molecule has 0 heterocycles. The van der Waals surface area contributed by atoms with Crippen LogP contribution in [0.5, 0.6) is 0 Å². The van der Waals surface area contributed by atoms with Crippen LogP contribution >= 0.6 is 11.6 Å². The fourth-order valence-electron chi connectivity index (χ4n) is 1.89. The summed E-state index contributed by atoms with van der Waals surface area (Å²) in [4.78, 5) is 3.80. The monoisotopic (exact) mass is 240 g/mol. The van der Waals surface area contributed by atoms with Gasteiger partial charge in [0.1, 0.15) is 0 Å². The van der Waals surface area contributed by atoms with E-state index in [9.17, 15) is 5.11 Å². The van der Waals surface area contributed by atoms with Crippen molar-refractivity contribution < 1.29 is 5.11 Å². The Morgan fingerprint density at radius 2 is 2.38 bits per heavy atom. The molecule has 0 bridgehead atoms. The molecular formula is C12H17ClN2O. The SMILES string of the molecule is CC1=CC(Cl)=CC(CO)C1C/C=C/N=CN. The van der Waals surface area contributed by atoms with Crippen LogP contribution in [-0.2, 0) is 0 Å². The van der Waals surface area contributed by atoms with E-state index in [-0.39, 0.29) is 18.4 Å². The van der Waals surface area contributed by atoms with Crippen molar-refractivity contribution in [1.82, 2.24) is 0 Å². The van der Waals surface area contributed by atoms with Crippen molar-refractivity contribution in [1.29, 1.82) is 0 Å². The third-order valence-corrected chi connectivity index (χ3v) is 2.95. The maximum absolute atomic E-state index is 9.30. The molecule has 4 heteroatoms. The fourth-order valence-corrected chi connectivity index (χ4v) is 2.22. The molecule has 0 aromatic heterocycles. The van der Waals surface area contributed by atoms with Crippen LogP contribution < -0.4 is 5.73 Å². The van der Waals surface area contributed by atoms with Crippen LogP contribution in [0.2, 0.25) is 0 Å². The van der Waals surface area contributed by atoms with Gasteiger partial charge in [-0.3, -0.25) is 0 Å². The lowest BCUT2D eigenvalue weighted by Crippen LogP contribution is -2.20. The summed E-state index contributed by atoms with van der Waals surface area (Å²) < 4.78 is 0. The highest BCUT2D eigenvalue weighted by Gasteiger charge is 2.23. The Morgan fingerprint density at radius 1 is 1.62 bits per heavy atom. The lowest BCUT2D eigenvalue weighted by atomic mass is 9.81. The average Bonchev–Trinajstić information content (AvgIpc) is 2.26. The molecular weight excluding hydrogens is 224 g/mol. The second kappa shape index (κ2) is 6.51. The van der Waals surface area contributed by atoms with Gasteiger partial charge in [0.15, 0.2) is 0 Å². The number of halogens is 1. The minimum Gasteiger partial charge on any atom is -0.396 e. The molecule has 0 radical (unpaired) electrons. The van der Waals surface area contributed by atoms with Crippen LogP contribution in [0.3, 0.4) is 0 Å². The number of aliphatic hydroxyl groups is 1. The zero-order chi connectivity index (χ0) is 12.0. The molecule has 3 nitrogen and oxygen atoms in total. The molecule has 1 aliphatic rings. The molecule has 3 N–H and O–H groups in total. The number of nitrogens with zero attached hydrogens (tertiary/aromatic N) is 1. The minimum absolute atomic E-state index is 0.0870. The number of allylic oxidation sites excluding steroid dienone is 4. The normalized spacial score (nSPS) is 26.2. The Morgan fingerprint density at radius 3 is 3.00 bits per heavy atom. The lowest BCUT2D eigenvalue weighted by molar-refractivity contribution is 0.219. The molecule has 0 spiro atoms. The van der Waals surface area contributed by atoms with E-state index < -0.39 is 0 Å². The van der Waals surface area contributed by atoms with E-state index in [1.807, 2.05) is 25.2 Å². The molecule has 0 aromatic rings. The van der Waals surface area contributed by atoms with Gasteiger partial charge in [-0.2, -0.15) is 0 Å². The highest BCUT2D eigenvalue weighted by molar-refractivity contribution is 6.31. The summed E-state index contributed by atoms with van der Waals surface area (Å²) in [5, 5.41) is 10.0. The van der Waals surface area contributed by atoms with Crippen molar-refractivity contribution in [3.8, 4) is 0 Å². The Hall–Kier alpha value is -1.06. The van der Waals surface area contributed by atoms with E-state index in [0.717, 1.165) is 6.42 Å². The maximum Gasteiger partial charge on any atom is 0.0852 e. The van der Waals surface area contributed by atoms with Crippen molar-refractivity contribution in [2.24, 2.45) is 22.6 Å². The van der Waals surface area contributed by atoms with Gasteiger partial charge in [-0.1, -0.05) is 29.3 Å². The van der Waals surface area contributed by atoms with Gasteiger partial charge in [0.25, 0.3) is 0 Å². The molecule has 0 amide bonds. The van der Waals surface area contributed by atoms with Crippen LogP contribution in [0.25, 0.3) is 0 Å². The number of hydrogen-bond acceptors (Lipinski definition) is 2. The van der Waals surface area contributed by atoms with Crippen molar-refractivity contribution >= 4 is 17.9 Å². The van der Waals surface area contributed by atoms with Crippen LogP contribution in [0, 0.1) is 11.8 Å². The standard InChI is InChI=1S/C12H17ClN2O/c1-9-5-11(13)6-10(7-16)12(9)3-2-4-15-8-14/h2,4-6,8,10,12,16H,3,7H2,1H3,(H2,14,15)/b4-2+. The zero-order valence-electron chi connectivity index (χ0n) is 9.31. The van der Waals surface area contributed by atoms with Crippen LogP contribution in [0.4, 0.5) is 0 Å². The van der Waals surface area contributed by atoms with Crippen molar-refractivity contribution in [2.45, 2.75) is 13.3 Å². The van der Waals surface area contributed by atoms with Gasteiger partial charge in [-0.15, -0.1) is 0 Å². The van der Waals surface area contributed by atoms with Crippen LogP contribution in [0.1, 0.15) is 13.3 Å². The van der Waals surface area contributed by atoms with Gasteiger partial charge in [0.05, 0.1) is 6.34 Å². The summed E-state index contributed by atoms with van der Waals surface area (Å²) in [6.07, 6.45) is 9.53. The summed E-state index contributed by atoms with van der Waals surface area (Å²) in [5.41, 5.74) is 6.31. The fraction of sp³-hybridized carbons (Fsp3) is 0.417. The third kappa shape index (κ3) is 3.51. The van der Waals surface area contributed by atoms with Gasteiger partial charge in [-0.05, 0) is 25.3 Å². The van der Waals surface area contributed by atoms with E-state index in [1.165, 1.54) is 11.9 Å². The van der Waals surface area contributed by atoms with E-state index in [1.54, 1.807) is 6.20 Å². The molecule has 1 rings (SSSR count). The Bertz CT molecular complexity index is 345. The summed E-state index contributed by atoms with van der Waals surface area (Å²) in [6, 6.07) is 0. The molecule has 0 aromatic carbocycles. The van der Waals surface area contributed by atoms with Crippen LogP contribution in [0.15, 0.2) is 40.0 Å². The molecule has 0 fully saturated rings. The summed E-state index contributed by atoms with van der Waals surface area (Å²) in [6.45, 7) is 2.14. The topological polar surface area (TPSA) is 58.6 Å². The zero-order valence-corrected chi connectivity index (χ0v) is 10.1. The minimum atomic E-state index is 0.0870. The number of aliphatic imine (C=N–C) groups is 1. The highest BCUT2D eigenvalue weighted by atomic mass is 35.5. The average molecular weight is 241 g/mol. The van der Waals surface area contributed by atoms with Crippen molar-refractivity contribution in [3.05, 3.63) is 35.0 Å². The van der Waals surface area contributed by atoms with Gasteiger partial charge < -0.3 is 10.8 Å².